The minimum absolute atomic E-state index is 0.0333. The molecule has 2 aromatic rings. The molecule has 2 aromatic carbocycles. The van der Waals surface area contributed by atoms with Crippen molar-refractivity contribution < 1.29 is 8.78 Å². The molecule has 5 heteroatoms. The number of nitrogens with zero attached hydrogens (tertiary/aromatic N) is 1. The second-order valence-corrected chi connectivity index (χ2v) is 7.41. The van der Waals surface area contributed by atoms with E-state index in [4.69, 9.17) is 0 Å². The molecule has 22 heavy (non-hydrogen) atoms. The molecule has 1 unspecified atom stereocenters. The van der Waals surface area contributed by atoms with Crippen molar-refractivity contribution in [2.75, 3.05) is 4.90 Å². The van der Waals surface area contributed by atoms with E-state index in [0.29, 0.717) is 0 Å². The number of thioether (sulfide) groups is 1. The van der Waals surface area contributed by atoms with Crippen molar-refractivity contribution in [3.8, 4) is 11.1 Å². The monoisotopic (exact) mass is 429 g/mol. The molecule has 0 saturated carbocycles. The molecule has 0 saturated heterocycles. The van der Waals surface area contributed by atoms with Crippen LogP contribution in [0.4, 0.5) is 14.5 Å². The van der Waals surface area contributed by atoms with Gasteiger partial charge < -0.3 is 4.90 Å². The summed E-state index contributed by atoms with van der Waals surface area (Å²) in [6, 6.07) is 15.8. The number of allylic oxidation sites excluding steroid dienone is 1. The number of rotatable bonds is 3. The van der Waals surface area contributed by atoms with Crippen molar-refractivity contribution in [3.05, 3.63) is 63.2 Å². The molecule has 0 bridgehead atoms. The molecule has 0 N–H and O–H groups in total. The third-order valence-electron chi connectivity index (χ3n) is 3.57. The Morgan fingerprint density at radius 2 is 1.77 bits per heavy atom. The van der Waals surface area contributed by atoms with Gasteiger partial charge in [0.1, 0.15) is 0 Å². The summed E-state index contributed by atoms with van der Waals surface area (Å²) < 4.78 is 27.8. The number of hydrogen-bond donors (Lipinski definition) is 0. The standard InChI is InChI=1S/C17H14F2INS/c1-11-21(16(10-22-11)17(18)19)15-5-3-2-4-14(15)12-6-8-13(20)9-7-12/h2-11,17H,1H3. The van der Waals surface area contributed by atoms with E-state index in [-0.39, 0.29) is 11.1 Å². The number of para-hydroxylation sites is 1. The van der Waals surface area contributed by atoms with Crippen LogP contribution in [0, 0.1) is 3.57 Å². The lowest BCUT2D eigenvalue weighted by molar-refractivity contribution is 0.186. The second-order valence-electron chi connectivity index (χ2n) is 4.97. The van der Waals surface area contributed by atoms with Gasteiger partial charge in [-0.25, -0.2) is 8.78 Å². The summed E-state index contributed by atoms with van der Waals surface area (Å²) in [5.74, 6) is 0. The lowest BCUT2D eigenvalue weighted by Crippen LogP contribution is -2.29. The van der Waals surface area contributed by atoms with Gasteiger partial charge in [0.25, 0.3) is 6.43 Å². The highest BCUT2D eigenvalue weighted by molar-refractivity contribution is 14.1. The van der Waals surface area contributed by atoms with Crippen molar-refractivity contribution in [2.24, 2.45) is 0 Å². The smallest absolute Gasteiger partial charge is 0.278 e. The molecular formula is C17H14F2INS. The van der Waals surface area contributed by atoms with Gasteiger partial charge in [0.2, 0.25) is 0 Å². The predicted molar refractivity (Wildman–Crippen MR) is 98.2 cm³/mol. The molecule has 1 aliphatic heterocycles. The highest BCUT2D eigenvalue weighted by Gasteiger charge is 2.31. The van der Waals surface area contributed by atoms with Crippen molar-refractivity contribution in [1.82, 2.24) is 0 Å². The molecular weight excluding hydrogens is 415 g/mol. The first-order valence-electron chi connectivity index (χ1n) is 6.86. The zero-order valence-electron chi connectivity index (χ0n) is 11.8. The summed E-state index contributed by atoms with van der Waals surface area (Å²) in [6.45, 7) is 1.95. The highest BCUT2D eigenvalue weighted by Crippen LogP contribution is 2.42. The third-order valence-corrected chi connectivity index (χ3v) is 5.27. The van der Waals surface area contributed by atoms with E-state index in [0.717, 1.165) is 20.4 Å². The van der Waals surface area contributed by atoms with Crippen LogP contribution in [0.1, 0.15) is 6.92 Å². The molecule has 0 radical (unpaired) electrons. The summed E-state index contributed by atoms with van der Waals surface area (Å²) in [5, 5.41) is 1.54. The van der Waals surface area contributed by atoms with E-state index in [9.17, 15) is 8.78 Å². The Labute approximate surface area is 146 Å². The summed E-state index contributed by atoms with van der Waals surface area (Å²) >= 11 is 3.68. The Hall–Kier alpha value is -1.08. The van der Waals surface area contributed by atoms with Crippen LogP contribution < -0.4 is 4.90 Å². The van der Waals surface area contributed by atoms with Crippen LogP contribution in [0.3, 0.4) is 0 Å². The summed E-state index contributed by atoms with van der Waals surface area (Å²) in [7, 11) is 0. The van der Waals surface area contributed by atoms with Gasteiger partial charge in [-0.3, -0.25) is 0 Å². The minimum atomic E-state index is -2.47. The number of anilines is 1. The average Bonchev–Trinajstić information content (AvgIpc) is 2.90. The summed E-state index contributed by atoms with van der Waals surface area (Å²) in [4.78, 5) is 1.74. The zero-order valence-corrected chi connectivity index (χ0v) is 14.8. The fourth-order valence-corrected chi connectivity index (χ4v) is 3.81. The van der Waals surface area contributed by atoms with E-state index in [1.54, 1.807) is 10.3 Å². The van der Waals surface area contributed by atoms with Crippen LogP contribution in [0.15, 0.2) is 59.6 Å². The molecule has 3 rings (SSSR count). The van der Waals surface area contributed by atoms with E-state index in [2.05, 4.69) is 22.6 Å². The normalized spacial score (nSPS) is 18.0. The van der Waals surface area contributed by atoms with Crippen LogP contribution in [-0.4, -0.2) is 11.8 Å². The number of alkyl halides is 2. The van der Waals surface area contributed by atoms with Crippen LogP contribution >= 0.6 is 34.4 Å². The minimum Gasteiger partial charge on any atom is -0.327 e. The molecule has 1 aliphatic rings. The molecule has 114 valence electrons. The number of halogens is 3. The zero-order chi connectivity index (χ0) is 15.7. The van der Waals surface area contributed by atoms with Crippen LogP contribution in [-0.2, 0) is 0 Å². The van der Waals surface area contributed by atoms with Crippen molar-refractivity contribution in [1.29, 1.82) is 0 Å². The molecule has 0 spiro atoms. The average molecular weight is 429 g/mol. The molecule has 0 fully saturated rings. The SMILES string of the molecule is CC1SC=C(C(F)F)N1c1ccccc1-c1ccc(I)cc1. The fourth-order valence-electron chi connectivity index (χ4n) is 2.54. The van der Waals surface area contributed by atoms with Crippen LogP contribution in [0.2, 0.25) is 0 Å². The maximum atomic E-state index is 13.3. The second kappa shape index (κ2) is 6.58. The molecule has 0 aromatic heterocycles. The molecule has 0 aliphatic carbocycles. The molecule has 1 heterocycles. The Morgan fingerprint density at radius 1 is 1.09 bits per heavy atom. The van der Waals surface area contributed by atoms with Gasteiger partial charge in [-0.05, 0) is 58.7 Å². The fraction of sp³-hybridized carbons (Fsp3) is 0.176. The first-order valence-corrected chi connectivity index (χ1v) is 8.88. The highest BCUT2D eigenvalue weighted by atomic mass is 127. The Bertz CT molecular complexity index is 700. The van der Waals surface area contributed by atoms with Crippen LogP contribution in [0.25, 0.3) is 11.1 Å². The quantitative estimate of drug-likeness (QED) is 0.554. The van der Waals surface area contributed by atoms with Crippen LogP contribution in [0.5, 0.6) is 0 Å². The molecule has 1 atom stereocenters. The first kappa shape index (κ1) is 15.8. The van der Waals surface area contributed by atoms with E-state index in [1.165, 1.54) is 11.8 Å². The summed E-state index contributed by atoms with van der Waals surface area (Å²) in [5.41, 5.74) is 2.91. The molecule has 0 amide bonds. The Balaban J connectivity index is 2.08. The maximum absolute atomic E-state index is 13.3. The largest absolute Gasteiger partial charge is 0.327 e. The lowest BCUT2D eigenvalue weighted by atomic mass is 10.0. The van der Waals surface area contributed by atoms with E-state index >= 15 is 0 Å². The number of hydrogen-bond acceptors (Lipinski definition) is 2. The summed E-state index contributed by atoms with van der Waals surface area (Å²) in [6.07, 6.45) is -2.47. The van der Waals surface area contributed by atoms with Gasteiger partial charge in [0.15, 0.2) is 0 Å². The van der Waals surface area contributed by atoms with Gasteiger partial charge >= 0.3 is 0 Å². The van der Waals surface area contributed by atoms with Crippen molar-refractivity contribution >= 4 is 40.0 Å². The predicted octanol–water partition coefficient (Wildman–Crippen LogP) is 5.96. The van der Waals surface area contributed by atoms with Gasteiger partial charge in [0.05, 0.1) is 11.1 Å². The topological polar surface area (TPSA) is 3.24 Å². The van der Waals surface area contributed by atoms with Crippen molar-refractivity contribution in [2.45, 2.75) is 18.7 Å². The maximum Gasteiger partial charge on any atom is 0.278 e. The van der Waals surface area contributed by atoms with Crippen molar-refractivity contribution in [3.63, 3.8) is 0 Å². The lowest BCUT2D eigenvalue weighted by Gasteiger charge is -2.28. The Kier molecular flexibility index (Phi) is 4.73. The van der Waals surface area contributed by atoms with E-state index < -0.39 is 6.43 Å². The van der Waals surface area contributed by atoms with Gasteiger partial charge in [-0.2, -0.15) is 0 Å². The molecule has 1 nitrogen and oxygen atoms in total. The first-order chi connectivity index (χ1) is 10.6. The van der Waals surface area contributed by atoms with Gasteiger partial charge in [-0.1, -0.05) is 30.3 Å². The van der Waals surface area contributed by atoms with Gasteiger partial charge in [0, 0.05) is 14.8 Å². The Morgan fingerprint density at radius 3 is 2.45 bits per heavy atom. The van der Waals surface area contributed by atoms with Gasteiger partial charge in [-0.15, -0.1) is 11.8 Å². The van der Waals surface area contributed by atoms with E-state index in [1.807, 2.05) is 55.5 Å². The third kappa shape index (κ3) is 3.01. The number of benzene rings is 2.